The first-order valence-corrected chi connectivity index (χ1v) is 10.4. The highest BCUT2D eigenvalue weighted by Gasteiger charge is 2.24. The van der Waals surface area contributed by atoms with Crippen LogP contribution in [0.15, 0.2) is 59.2 Å². The fourth-order valence-electron chi connectivity index (χ4n) is 3.03. The number of aromatic nitrogens is 3. The molecule has 2 aromatic heterocycles. The summed E-state index contributed by atoms with van der Waals surface area (Å²) in [5.41, 5.74) is 1.65. The maximum absolute atomic E-state index is 13.0. The number of fused-ring (bicyclic) bond motifs is 1. The lowest BCUT2D eigenvalue weighted by molar-refractivity contribution is -0.389. The highest BCUT2D eigenvalue weighted by molar-refractivity contribution is 9.10. The molecule has 0 unspecified atom stereocenters. The van der Waals surface area contributed by atoms with Crippen molar-refractivity contribution in [2.75, 3.05) is 5.32 Å². The minimum absolute atomic E-state index is 0.00437. The van der Waals surface area contributed by atoms with Crippen LogP contribution in [0.1, 0.15) is 16.1 Å². The van der Waals surface area contributed by atoms with Crippen LogP contribution in [0.4, 0.5) is 11.5 Å². The van der Waals surface area contributed by atoms with E-state index in [1.165, 1.54) is 4.68 Å². The minimum atomic E-state index is -0.659. The van der Waals surface area contributed by atoms with Crippen molar-refractivity contribution in [2.45, 2.75) is 6.54 Å². The molecule has 0 atom stereocenters. The lowest BCUT2D eigenvalue weighted by Crippen LogP contribution is -2.18. The molecule has 11 heteroatoms. The number of amides is 1. The van der Waals surface area contributed by atoms with E-state index >= 15 is 0 Å². The van der Waals surface area contributed by atoms with Crippen LogP contribution < -0.4 is 5.32 Å². The van der Waals surface area contributed by atoms with E-state index in [-0.39, 0.29) is 12.2 Å². The van der Waals surface area contributed by atoms with Crippen LogP contribution in [-0.2, 0) is 6.54 Å². The highest BCUT2D eigenvalue weighted by Crippen LogP contribution is 2.29. The second-order valence-corrected chi connectivity index (χ2v) is 8.18. The highest BCUT2D eigenvalue weighted by atomic mass is 79.9. The molecule has 0 radical (unpaired) electrons. The third-order valence-corrected chi connectivity index (χ3v) is 5.77. The zero-order valence-electron chi connectivity index (χ0n) is 15.6. The average Bonchev–Trinajstić information content (AvgIpc) is 3.17. The van der Waals surface area contributed by atoms with E-state index in [1.807, 2.05) is 6.07 Å². The van der Waals surface area contributed by atoms with Crippen molar-refractivity contribution in [1.82, 2.24) is 14.8 Å². The Kier molecular flexibility index (Phi) is 5.90. The molecule has 0 saturated heterocycles. The smallest absolute Gasteiger partial charge is 0.358 e. The molecule has 4 rings (SSSR count). The Morgan fingerprint density at radius 3 is 2.74 bits per heavy atom. The second kappa shape index (κ2) is 8.62. The van der Waals surface area contributed by atoms with Gasteiger partial charge in [0.1, 0.15) is 0 Å². The van der Waals surface area contributed by atoms with Gasteiger partial charge >= 0.3 is 5.82 Å². The zero-order valence-corrected chi connectivity index (χ0v) is 18.6. The van der Waals surface area contributed by atoms with Crippen molar-refractivity contribution in [1.29, 1.82) is 0 Å². The second-order valence-electron chi connectivity index (χ2n) is 6.49. The molecule has 0 spiro atoms. The number of carbonyl (C=O) groups excluding carboxylic acids is 1. The Labute approximate surface area is 194 Å². The zero-order chi connectivity index (χ0) is 22.1. The van der Waals surface area contributed by atoms with Crippen LogP contribution in [0.25, 0.3) is 10.9 Å². The number of hydrogen-bond acceptors (Lipinski definition) is 5. The average molecular weight is 521 g/mol. The van der Waals surface area contributed by atoms with Crippen LogP contribution in [0.5, 0.6) is 0 Å². The van der Waals surface area contributed by atoms with E-state index in [2.05, 4.69) is 31.3 Å². The summed E-state index contributed by atoms with van der Waals surface area (Å²) >= 11 is 15.6. The van der Waals surface area contributed by atoms with Gasteiger partial charge in [0, 0.05) is 26.1 Å². The molecule has 4 aromatic rings. The Hall–Kier alpha value is -3.01. The summed E-state index contributed by atoms with van der Waals surface area (Å²) in [5.74, 6) is -1.02. The van der Waals surface area contributed by atoms with Gasteiger partial charge in [-0.15, -0.1) is 0 Å². The van der Waals surface area contributed by atoms with Crippen molar-refractivity contribution < 1.29 is 9.72 Å². The molecule has 1 amide bonds. The Morgan fingerprint density at radius 2 is 2.00 bits per heavy atom. The van der Waals surface area contributed by atoms with Gasteiger partial charge in [-0.1, -0.05) is 51.3 Å². The molecule has 2 aromatic carbocycles. The van der Waals surface area contributed by atoms with E-state index in [9.17, 15) is 14.9 Å². The first-order chi connectivity index (χ1) is 14.8. The summed E-state index contributed by atoms with van der Waals surface area (Å²) < 4.78 is 2.06. The summed E-state index contributed by atoms with van der Waals surface area (Å²) in [5, 5.41) is 19.6. The first kappa shape index (κ1) is 21.2. The molecule has 0 fully saturated rings. The number of carbonyl (C=O) groups is 1. The van der Waals surface area contributed by atoms with Crippen LogP contribution in [-0.4, -0.2) is 25.6 Å². The van der Waals surface area contributed by atoms with Gasteiger partial charge < -0.3 is 15.4 Å². The predicted molar refractivity (Wildman–Crippen MR) is 122 cm³/mol. The standard InChI is InChI=1S/C20H12BrCl2N5O3/c21-14-5-6-16(19-13(14)2-1-7-24-19)25-20(29)17-9-18(28(30)31)26-27(17)10-11-3-4-12(22)8-15(11)23/h1-9H,10H2,(H,25,29). The van der Waals surface area contributed by atoms with Crippen LogP contribution in [0.3, 0.4) is 0 Å². The van der Waals surface area contributed by atoms with Crippen molar-refractivity contribution in [3.8, 4) is 0 Å². The summed E-state index contributed by atoms with van der Waals surface area (Å²) in [4.78, 5) is 28.0. The SMILES string of the molecule is O=C(Nc1ccc(Br)c2cccnc12)c1cc([N+](=O)[O-])nn1Cc1ccc(Cl)cc1Cl. The van der Waals surface area contributed by atoms with E-state index < -0.39 is 16.6 Å². The number of hydrogen-bond donors (Lipinski definition) is 1. The lowest BCUT2D eigenvalue weighted by Gasteiger charge is -2.10. The number of nitrogens with one attached hydrogen (secondary N) is 1. The fourth-order valence-corrected chi connectivity index (χ4v) is 3.95. The molecular weight excluding hydrogens is 509 g/mol. The third-order valence-electron chi connectivity index (χ3n) is 4.49. The summed E-state index contributed by atoms with van der Waals surface area (Å²) in [6, 6.07) is 13.1. The molecule has 0 aliphatic rings. The number of rotatable bonds is 5. The number of pyridine rings is 1. The van der Waals surface area contributed by atoms with Gasteiger partial charge in [0.15, 0.2) is 5.69 Å². The van der Waals surface area contributed by atoms with Crippen molar-refractivity contribution >= 4 is 67.4 Å². The molecule has 0 saturated carbocycles. The van der Waals surface area contributed by atoms with Gasteiger partial charge in [0.05, 0.1) is 28.9 Å². The molecule has 8 nitrogen and oxygen atoms in total. The number of anilines is 1. The topological polar surface area (TPSA) is 103 Å². The number of benzene rings is 2. The molecule has 0 bridgehead atoms. The van der Waals surface area contributed by atoms with Crippen LogP contribution in [0, 0.1) is 10.1 Å². The van der Waals surface area contributed by atoms with Gasteiger partial charge in [0.25, 0.3) is 5.91 Å². The third kappa shape index (κ3) is 4.39. The number of nitro groups is 1. The first-order valence-electron chi connectivity index (χ1n) is 8.84. The molecule has 31 heavy (non-hydrogen) atoms. The van der Waals surface area contributed by atoms with E-state index in [0.29, 0.717) is 26.8 Å². The molecule has 0 aliphatic carbocycles. The number of halogens is 3. The monoisotopic (exact) mass is 519 g/mol. The molecule has 0 aliphatic heterocycles. The van der Waals surface area contributed by atoms with Crippen LogP contribution in [0.2, 0.25) is 10.0 Å². The van der Waals surface area contributed by atoms with Gasteiger partial charge in [0.2, 0.25) is 0 Å². The van der Waals surface area contributed by atoms with Gasteiger partial charge in [-0.05, 0) is 40.8 Å². The quantitative estimate of drug-likeness (QED) is 0.268. The summed E-state index contributed by atoms with van der Waals surface area (Å²) in [6.07, 6.45) is 1.61. The van der Waals surface area contributed by atoms with Gasteiger partial charge in [-0.2, -0.15) is 4.68 Å². The minimum Gasteiger partial charge on any atom is -0.358 e. The Morgan fingerprint density at radius 1 is 1.19 bits per heavy atom. The lowest BCUT2D eigenvalue weighted by atomic mass is 10.2. The number of nitrogens with zero attached hydrogens (tertiary/aromatic N) is 4. The molecule has 156 valence electrons. The fraction of sp³-hybridized carbons (Fsp3) is 0.0500. The van der Waals surface area contributed by atoms with E-state index in [4.69, 9.17) is 23.2 Å². The van der Waals surface area contributed by atoms with Crippen molar-refractivity contribution in [2.24, 2.45) is 0 Å². The maximum atomic E-state index is 13.0. The van der Waals surface area contributed by atoms with Gasteiger partial charge in [-0.25, -0.2) is 0 Å². The van der Waals surface area contributed by atoms with Crippen molar-refractivity contribution in [3.05, 3.63) is 90.6 Å². The normalized spacial score (nSPS) is 10.9. The van der Waals surface area contributed by atoms with Crippen LogP contribution >= 0.6 is 39.1 Å². The maximum Gasteiger partial charge on any atom is 0.390 e. The Balaban J connectivity index is 1.71. The predicted octanol–water partition coefficient (Wildman–Crippen LogP) is 5.71. The van der Waals surface area contributed by atoms with Gasteiger partial charge in [-0.3, -0.25) is 9.78 Å². The summed E-state index contributed by atoms with van der Waals surface area (Å²) in [7, 11) is 0. The molecular formula is C20H12BrCl2N5O3. The van der Waals surface area contributed by atoms with Crippen molar-refractivity contribution in [3.63, 3.8) is 0 Å². The van der Waals surface area contributed by atoms with E-state index in [1.54, 1.807) is 42.6 Å². The summed E-state index contributed by atoms with van der Waals surface area (Å²) in [6.45, 7) is 0.0476. The molecule has 1 N–H and O–H groups in total. The largest absolute Gasteiger partial charge is 0.390 e. The molecule has 2 heterocycles. The van der Waals surface area contributed by atoms with E-state index in [0.717, 1.165) is 15.9 Å². The Bertz CT molecular complexity index is 1340.